The normalized spacial score (nSPS) is 12.6. The van der Waals surface area contributed by atoms with E-state index in [1.165, 1.54) is 12.1 Å². The molecule has 0 fully saturated rings. The molecule has 0 saturated heterocycles. The van der Waals surface area contributed by atoms with Crippen LogP contribution in [0, 0.1) is 0 Å². The highest BCUT2D eigenvalue weighted by atomic mass is 19.3. The van der Waals surface area contributed by atoms with E-state index in [1.807, 2.05) is 0 Å². The Morgan fingerprint density at radius 2 is 2.19 bits per heavy atom. The Hall–Kier alpha value is -1.42. The molecule has 1 aromatic carbocycles. The van der Waals surface area contributed by atoms with Crippen LogP contribution in [0.4, 0.5) is 8.78 Å². The number of hydrogen-bond acceptors (Lipinski definition) is 2. The molecule has 1 N–H and O–H groups in total. The lowest BCUT2D eigenvalue weighted by Crippen LogP contribution is -2.03. The summed E-state index contributed by atoms with van der Waals surface area (Å²) in [5.41, 5.74) is 1.37. The van der Waals surface area contributed by atoms with Gasteiger partial charge in [0.2, 0.25) is 0 Å². The summed E-state index contributed by atoms with van der Waals surface area (Å²) >= 11 is 0. The van der Waals surface area contributed by atoms with Gasteiger partial charge in [-0.1, -0.05) is 17.7 Å². The smallest absolute Gasteiger partial charge is 0.387 e. The number of ether oxygens (including phenoxy) is 1. The van der Waals surface area contributed by atoms with Crippen LogP contribution in [0.2, 0.25) is 0 Å². The number of aliphatic hydroxyl groups excluding tert-OH is 1. The molecule has 0 aliphatic rings. The first-order valence-corrected chi connectivity index (χ1v) is 4.86. The average molecular weight is 228 g/mol. The van der Waals surface area contributed by atoms with Gasteiger partial charge in [0.15, 0.2) is 0 Å². The molecule has 0 aromatic heterocycles. The highest BCUT2D eigenvalue weighted by molar-refractivity contribution is 5.30. The summed E-state index contributed by atoms with van der Waals surface area (Å²) in [5, 5.41) is 9.75. The SMILES string of the molecule is C=C(C)CC(O)c1cccc(OC(F)F)c1. The van der Waals surface area contributed by atoms with E-state index >= 15 is 0 Å². The van der Waals surface area contributed by atoms with Crippen molar-refractivity contribution < 1.29 is 18.6 Å². The fourth-order valence-corrected chi connectivity index (χ4v) is 1.35. The zero-order valence-corrected chi connectivity index (χ0v) is 8.99. The van der Waals surface area contributed by atoms with Gasteiger partial charge < -0.3 is 9.84 Å². The van der Waals surface area contributed by atoms with Crippen molar-refractivity contribution in [2.24, 2.45) is 0 Å². The van der Waals surface area contributed by atoms with Gasteiger partial charge in [-0.2, -0.15) is 8.78 Å². The first kappa shape index (κ1) is 12.6. The van der Waals surface area contributed by atoms with Gasteiger partial charge in [-0.3, -0.25) is 0 Å². The molecule has 0 bridgehead atoms. The maximum Gasteiger partial charge on any atom is 0.387 e. The van der Waals surface area contributed by atoms with Crippen LogP contribution in [0.5, 0.6) is 5.75 Å². The molecular weight excluding hydrogens is 214 g/mol. The third kappa shape index (κ3) is 3.98. The van der Waals surface area contributed by atoms with Crippen molar-refractivity contribution >= 4 is 0 Å². The van der Waals surface area contributed by atoms with Gasteiger partial charge in [0.25, 0.3) is 0 Å². The standard InChI is InChI=1S/C12H14F2O2/c1-8(2)6-11(15)9-4-3-5-10(7-9)16-12(13)14/h3-5,7,11-12,15H,1,6H2,2H3. The van der Waals surface area contributed by atoms with Crippen molar-refractivity contribution in [3.63, 3.8) is 0 Å². The molecule has 0 aliphatic carbocycles. The van der Waals surface area contributed by atoms with E-state index in [1.54, 1.807) is 19.1 Å². The molecule has 16 heavy (non-hydrogen) atoms. The number of rotatable bonds is 5. The predicted octanol–water partition coefficient (Wildman–Crippen LogP) is 3.29. The molecule has 2 nitrogen and oxygen atoms in total. The molecule has 0 saturated carbocycles. The molecule has 0 heterocycles. The van der Waals surface area contributed by atoms with Gasteiger partial charge in [-0.05, 0) is 31.0 Å². The Balaban J connectivity index is 2.77. The third-order valence-electron chi connectivity index (χ3n) is 2.01. The Morgan fingerprint density at radius 1 is 1.50 bits per heavy atom. The van der Waals surface area contributed by atoms with E-state index in [4.69, 9.17) is 0 Å². The summed E-state index contributed by atoms with van der Waals surface area (Å²) in [6.45, 7) is 2.62. The van der Waals surface area contributed by atoms with E-state index in [9.17, 15) is 13.9 Å². The van der Waals surface area contributed by atoms with Crippen LogP contribution in [-0.4, -0.2) is 11.7 Å². The first-order chi connectivity index (χ1) is 7.49. The second kappa shape index (κ2) is 5.61. The second-order valence-electron chi connectivity index (χ2n) is 3.63. The third-order valence-corrected chi connectivity index (χ3v) is 2.01. The fourth-order valence-electron chi connectivity index (χ4n) is 1.35. The molecule has 1 rings (SSSR count). The summed E-state index contributed by atoms with van der Waals surface area (Å²) < 4.78 is 28.2. The van der Waals surface area contributed by atoms with Crippen LogP contribution in [0.3, 0.4) is 0 Å². The van der Waals surface area contributed by atoms with Crippen LogP contribution in [0.15, 0.2) is 36.4 Å². The van der Waals surface area contributed by atoms with E-state index in [-0.39, 0.29) is 5.75 Å². The van der Waals surface area contributed by atoms with Gasteiger partial charge in [-0.15, -0.1) is 6.58 Å². The second-order valence-corrected chi connectivity index (χ2v) is 3.63. The average Bonchev–Trinajstić information content (AvgIpc) is 2.16. The van der Waals surface area contributed by atoms with Gasteiger partial charge in [0, 0.05) is 0 Å². The fraction of sp³-hybridized carbons (Fsp3) is 0.333. The van der Waals surface area contributed by atoms with E-state index in [2.05, 4.69) is 11.3 Å². The van der Waals surface area contributed by atoms with E-state index in [0.717, 1.165) is 5.57 Å². The molecule has 88 valence electrons. The number of benzene rings is 1. The van der Waals surface area contributed by atoms with Gasteiger partial charge >= 0.3 is 6.61 Å². The zero-order valence-electron chi connectivity index (χ0n) is 8.99. The van der Waals surface area contributed by atoms with E-state index in [0.29, 0.717) is 12.0 Å². The molecule has 0 amide bonds. The van der Waals surface area contributed by atoms with Crippen LogP contribution in [-0.2, 0) is 0 Å². The molecule has 1 unspecified atom stereocenters. The molecule has 1 atom stereocenters. The van der Waals surface area contributed by atoms with Crippen molar-refractivity contribution in [1.82, 2.24) is 0 Å². The Labute approximate surface area is 93.2 Å². The summed E-state index contributed by atoms with van der Waals surface area (Å²) in [5.74, 6) is 0.0493. The molecule has 0 aliphatic heterocycles. The quantitative estimate of drug-likeness (QED) is 0.783. The molecular formula is C12H14F2O2. The predicted molar refractivity (Wildman–Crippen MR) is 57.5 cm³/mol. The van der Waals surface area contributed by atoms with Crippen LogP contribution in [0.1, 0.15) is 25.0 Å². The summed E-state index contributed by atoms with van der Waals surface area (Å²) in [6.07, 6.45) is -0.336. The maximum absolute atomic E-state index is 12.0. The summed E-state index contributed by atoms with van der Waals surface area (Å²) in [7, 11) is 0. The van der Waals surface area contributed by atoms with Gasteiger partial charge in [0.1, 0.15) is 5.75 Å². The van der Waals surface area contributed by atoms with Crippen molar-refractivity contribution in [3.05, 3.63) is 42.0 Å². The van der Waals surface area contributed by atoms with Crippen LogP contribution >= 0.6 is 0 Å². The maximum atomic E-state index is 12.0. The largest absolute Gasteiger partial charge is 0.435 e. The van der Waals surface area contributed by atoms with Crippen molar-refractivity contribution in [2.45, 2.75) is 26.1 Å². The molecule has 0 spiro atoms. The lowest BCUT2D eigenvalue weighted by atomic mass is 10.0. The van der Waals surface area contributed by atoms with Crippen molar-refractivity contribution in [2.75, 3.05) is 0 Å². The Morgan fingerprint density at radius 3 is 2.75 bits per heavy atom. The Kier molecular flexibility index (Phi) is 4.43. The van der Waals surface area contributed by atoms with Gasteiger partial charge in [-0.25, -0.2) is 0 Å². The Bertz CT molecular complexity index is 364. The number of hydrogen-bond donors (Lipinski definition) is 1. The minimum absolute atomic E-state index is 0.0493. The van der Waals surface area contributed by atoms with Crippen LogP contribution < -0.4 is 4.74 Å². The molecule has 4 heteroatoms. The topological polar surface area (TPSA) is 29.5 Å². The van der Waals surface area contributed by atoms with E-state index < -0.39 is 12.7 Å². The van der Waals surface area contributed by atoms with Gasteiger partial charge in [0.05, 0.1) is 6.10 Å². The highest BCUT2D eigenvalue weighted by Gasteiger charge is 2.10. The minimum atomic E-state index is -2.85. The van der Waals surface area contributed by atoms with Crippen LogP contribution in [0.25, 0.3) is 0 Å². The monoisotopic (exact) mass is 228 g/mol. The van der Waals surface area contributed by atoms with Crippen molar-refractivity contribution in [1.29, 1.82) is 0 Å². The van der Waals surface area contributed by atoms with Crippen molar-refractivity contribution in [3.8, 4) is 5.75 Å². The lowest BCUT2D eigenvalue weighted by Gasteiger charge is -2.12. The first-order valence-electron chi connectivity index (χ1n) is 4.86. The lowest BCUT2D eigenvalue weighted by molar-refractivity contribution is -0.0499. The zero-order chi connectivity index (χ0) is 12.1. The summed E-state index contributed by atoms with van der Waals surface area (Å²) in [6, 6.07) is 6.05. The summed E-state index contributed by atoms with van der Waals surface area (Å²) in [4.78, 5) is 0. The number of aliphatic hydroxyl groups is 1. The minimum Gasteiger partial charge on any atom is -0.435 e. The molecule has 1 aromatic rings. The number of halogens is 2. The number of alkyl halides is 2. The highest BCUT2D eigenvalue weighted by Crippen LogP contribution is 2.24. The molecule has 0 radical (unpaired) electrons.